The van der Waals surface area contributed by atoms with E-state index in [2.05, 4.69) is 29.3 Å². The standard InChI is InChI=1S/C16H25ClN2O/c1-13-5-8-19(9-6-13)16-4-3-15(17)11-14(16)12-18-7-10-20-2/h3-4,11,13,18H,5-10,12H2,1-2H3. The molecule has 112 valence electrons. The molecule has 2 rings (SSSR count). The van der Waals surface area contributed by atoms with E-state index in [4.69, 9.17) is 16.3 Å². The van der Waals surface area contributed by atoms with E-state index in [0.29, 0.717) is 0 Å². The van der Waals surface area contributed by atoms with Gasteiger partial charge >= 0.3 is 0 Å². The molecule has 0 aliphatic carbocycles. The maximum absolute atomic E-state index is 6.15. The summed E-state index contributed by atoms with van der Waals surface area (Å²) in [4.78, 5) is 2.49. The Balaban J connectivity index is 2.03. The smallest absolute Gasteiger partial charge is 0.0587 e. The first-order chi connectivity index (χ1) is 9.70. The van der Waals surface area contributed by atoms with Crippen molar-refractivity contribution in [2.24, 2.45) is 5.92 Å². The Morgan fingerprint density at radius 2 is 2.10 bits per heavy atom. The lowest BCUT2D eigenvalue weighted by atomic mass is 9.98. The Hall–Kier alpha value is -0.770. The molecule has 1 aliphatic heterocycles. The van der Waals surface area contributed by atoms with Gasteiger partial charge in [0, 0.05) is 44.0 Å². The Morgan fingerprint density at radius 1 is 1.35 bits per heavy atom. The molecule has 1 fully saturated rings. The van der Waals surface area contributed by atoms with Gasteiger partial charge in [0.05, 0.1) is 6.61 Å². The Bertz CT molecular complexity index is 417. The molecule has 0 amide bonds. The quantitative estimate of drug-likeness (QED) is 0.815. The number of nitrogens with one attached hydrogen (secondary N) is 1. The van der Waals surface area contributed by atoms with Gasteiger partial charge in [-0.3, -0.25) is 0 Å². The summed E-state index contributed by atoms with van der Waals surface area (Å²) in [6.07, 6.45) is 2.55. The van der Waals surface area contributed by atoms with Crippen molar-refractivity contribution in [3.05, 3.63) is 28.8 Å². The SMILES string of the molecule is COCCNCc1cc(Cl)ccc1N1CCC(C)CC1. The summed E-state index contributed by atoms with van der Waals surface area (Å²) >= 11 is 6.15. The van der Waals surface area contributed by atoms with Crippen LogP contribution in [0.5, 0.6) is 0 Å². The lowest BCUT2D eigenvalue weighted by Crippen LogP contribution is -2.34. The number of methoxy groups -OCH3 is 1. The van der Waals surface area contributed by atoms with Crippen LogP contribution >= 0.6 is 11.6 Å². The molecule has 1 saturated heterocycles. The molecule has 0 unspecified atom stereocenters. The molecule has 0 atom stereocenters. The summed E-state index contributed by atoms with van der Waals surface area (Å²) in [7, 11) is 1.72. The number of nitrogens with zero attached hydrogens (tertiary/aromatic N) is 1. The molecule has 1 aromatic carbocycles. The van der Waals surface area contributed by atoms with Gasteiger partial charge < -0.3 is 15.0 Å². The third-order valence-electron chi connectivity index (χ3n) is 3.96. The van der Waals surface area contributed by atoms with E-state index in [1.165, 1.54) is 24.1 Å². The molecule has 0 spiro atoms. The van der Waals surface area contributed by atoms with Crippen molar-refractivity contribution in [2.75, 3.05) is 38.3 Å². The Morgan fingerprint density at radius 3 is 2.80 bits per heavy atom. The van der Waals surface area contributed by atoms with Crippen molar-refractivity contribution < 1.29 is 4.74 Å². The van der Waals surface area contributed by atoms with E-state index in [9.17, 15) is 0 Å². The molecular formula is C16H25ClN2O. The topological polar surface area (TPSA) is 24.5 Å². The first-order valence-corrected chi connectivity index (χ1v) is 7.81. The summed E-state index contributed by atoms with van der Waals surface area (Å²) in [6.45, 7) is 7.07. The zero-order chi connectivity index (χ0) is 14.4. The highest BCUT2D eigenvalue weighted by molar-refractivity contribution is 6.30. The maximum Gasteiger partial charge on any atom is 0.0587 e. The van der Waals surface area contributed by atoms with Crippen LogP contribution in [0.3, 0.4) is 0 Å². The van der Waals surface area contributed by atoms with Gasteiger partial charge in [-0.1, -0.05) is 18.5 Å². The fourth-order valence-electron chi connectivity index (χ4n) is 2.65. The fourth-order valence-corrected chi connectivity index (χ4v) is 2.85. The van der Waals surface area contributed by atoms with Crippen LogP contribution in [0.25, 0.3) is 0 Å². The summed E-state index contributed by atoms with van der Waals surface area (Å²) in [5, 5.41) is 4.22. The van der Waals surface area contributed by atoms with Crippen LogP contribution in [0.1, 0.15) is 25.3 Å². The molecule has 1 N–H and O–H groups in total. The van der Waals surface area contributed by atoms with Crippen molar-refractivity contribution in [3.63, 3.8) is 0 Å². The molecule has 1 aliphatic rings. The largest absolute Gasteiger partial charge is 0.383 e. The minimum absolute atomic E-state index is 0.733. The summed E-state index contributed by atoms with van der Waals surface area (Å²) in [5.41, 5.74) is 2.61. The van der Waals surface area contributed by atoms with Crippen LogP contribution in [0.2, 0.25) is 5.02 Å². The third-order valence-corrected chi connectivity index (χ3v) is 4.20. The second kappa shape index (κ2) is 7.87. The van der Waals surface area contributed by atoms with Crippen LogP contribution in [-0.4, -0.2) is 33.4 Å². The van der Waals surface area contributed by atoms with Gasteiger partial charge in [0.1, 0.15) is 0 Å². The second-order valence-electron chi connectivity index (χ2n) is 5.61. The van der Waals surface area contributed by atoms with Gasteiger partial charge in [-0.2, -0.15) is 0 Å². The van der Waals surface area contributed by atoms with Crippen LogP contribution < -0.4 is 10.2 Å². The van der Waals surface area contributed by atoms with Crippen LogP contribution in [0.4, 0.5) is 5.69 Å². The lowest BCUT2D eigenvalue weighted by Gasteiger charge is -2.33. The van der Waals surface area contributed by atoms with E-state index in [1.807, 2.05) is 6.07 Å². The first-order valence-electron chi connectivity index (χ1n) is 7.43. The number of rotatable bonds is 6. The number of piperidine rings is 1. The number of anilines is 1. The minimum atomic E-state index is 0.733. The predicted octanol–water partition coefficient (Wildman–Crippen LogP) is 3.31. The van der Waals surface area contributed by atoms with Gasteiger partial charge in [-0.15, -0.1) is 0 Å². The van der Waals surface area contributed by atoms with Crippen molar-refractivity contribution in [2.45, 2.75) is 26.3 Å². The Kier molecular flexibility index (Phi) is 6.14. The van der Waals surface area contributed by atoms with Crippen molar-refractivity contribution in [3.8, 4) is 0 Å². The Labute approximate surface area is 127 Å². The third kappa shape index (κ3) is 4.37. The highest BCUT2D eigenvalue weighted by atomic mass is 35.5. The van der Waals surface area contributed by atoms with Crippen LogP contribution in [0.15, 0.2) is 18.2 Å². The first kappa shape index (κ1) is 15.6. The van der Waals surface area contributed by atoms with E-state index in [1.54, 1.807) is 7.11 Å². The van der Waals surface area contributed by atoms with Crippen LogP contribution in [-0.2, 0) is 11.3 Å². The predicted molar refractivity (Wildman–Crippen MR) is 85.6 cm³/mol. The van der Waals surface area contributed by atoms with Gasteiger partial charge in [0.2, 0.25) is 0 Å². The molecule has 0 aromatic heterocycles. The van der Waals surface area contributed by atoms with Gasteiger partial charge in [-0.05, 0) is 42.5 Å². The average molecular weight is 297 g/mol. The summed E-state index contributed by atoms with van der Waals surface area (Å²) in [5.74, 6) is 0.849. The van der Waals surface area contributed by atoms with Crippen molar-refractivity contribution in [1.82, 2.24) is 5.32 Å². The van der Waals surface area contributed by atoms with Gasteiger partial charge in [-0.25, -0.2) is 0 Å². The highest BCUT2D eigenvalue weighted by Crippen LogP contribution is 2.28. The van der Waals surface area contributed by atoms with Gasteiger partial charge in [0.25, 0.3) is 0 Å². The van der Waals surface area contributed by atoms with E-state index < -0.39 is 0 Å². The monoisotopic (exact) mass is 296 g/mol. The van der Waals surface area contributed by atoms with E-state index >= 15 is 0 Å². The lowest BCUT2D eigenvalue weighted by molar-refractivity contribution is 0.199. The second-order valence-corrected chi connectivity index (χ2v) is 6.05. The van der Waals surface area contributed by atoms with E-state index in [0.717, 1.165) is 43.7 Å². The molecule has 3 nitrogen and oxygen atoms in total. The number of ether oxygens (including phenoxy) is 1. The fraction of sp³-hybridized carbons (Fsp3) is 0.625. The molecule has 0 radical (unpaired) electrons. The molecule has 1 heterocycles. The highest BCUT2D eigenvalue weighted by Gasteiger charge is 2.18. The molecule has 1 aromatic rings. The van der Waals surface area contributed by atoms with Crippen LogP contribution in [0, 0.1) is 5.92 Å². The number of benzene rings is 1. The molecular weight excluding hydrogens is 272 g/mol. The normalized spacial score (nSPS) is 16.6. The van der Waals surface area contributed by atoms with Crippen molar-refractivity contribution in [1.29, 1.82) is 0 Å². The van der Waals surface area contributed by atoms with Gasteiger partial charge in [0.15, 0.2) is 0 Å². The van der Waals surface area contributed by atoms with Crippen molar-refractivity contribution >= 4 is 17.3 Å². The molecule has 4 heteroatoms. The number of hydrogen-bond donors (Lipinski definition) is 1. The molecule has 0 bridgehead atoms. The minimum Gasteiger partial charge on any atom is -0.383 e. The zero-order valence-corrected chi connectivity index (χ0v) is 13.2. The zero-order valence-electron chi connectivity index (χ0n) is 12.5. The van der Waals surface area contributed by atoms with E-state index in [-0.39, 0.29) is 0 Å². The molecule has 20 heavy (non-hydrogen) atoms. The number of hydrogen-bond acceptors (Lipinski definition) is 3. The number of halogens is 1. The summed E-state index contributed by atoms with van der Waals surface area (Å²) < 4.78 is 5.06. The maximum atomic E-state index is 6.15. The average Bonchev–Trinajstić information content (AvgIpc) is 2.45. The summed E-state index contributed by atoms with van der Waals surface area (Å²) in [6, 6.07) is 6.23. The molecule has 0 saturated carbocycles.